The van der Waals surface area contributed by atoms with Crippen LogP contribution in [0.5, 0.6) is 0 Å². The summed E-state index contributed by atoms with van der Waals surface area (Å²) in [5, 5.41) is 3.09. The molecule has 1 aromatic carbocycles. The Morgan fingerprint density at radius 1 is 1.42 bits per heavy atom. The van der Waals surface area contributed by atoms with Gasteiger partial charge < -0.3 is 14.5 Å². The Labute approximate surface area is 110 Å². The van der Waals surface area contributed by atoms with Gasteiger partial charge in [-0.25, -0.2) is 9.18 Å². The Hall–Kier alpha value is -2.30. The number of esters is 1. The largest absolute Gasteiger partial charge is 0.467 e. The van der Waals surface area contributed by atoms with E-state index in [9.17, 15) is 9.18 Å². The van der Waals surface area contributed by atoms with E-state index in [0.29, 0.717) is 5.69 Å². The van der Waals surface area contributed by atoms with Gasteiger partial charge in [-0.3, -0.25) is 0 Å². The molecule has 0 aliphatic heterocycles. The first kappa shape index (κ1) is 13.1. The lowest BCUT2D eigenvalue weighted by Gasteiger charge is -2.15. The molecule has 0 bridgehead atoms. The third kappa shape index (κ3) is 2.93. The monoisotopic (exact) mass is 263 g/mol. The number of carbonyl (C=O) groups excluding carboxylic acids is 1. The molecule has 0 amide bonds. The maximum atomic E-state index is 13.2. The summed E-state index contributed by atoms with van der Waals surface area (Å²) in [5.74, 6) is -0.356. The van der Waals surface area contributed by atoms with E-state index < -0.39 is 11.8 Å². The van der Waals surface area contributed by atoms with Crippen molar-refractivity contribution in [3.63, 3.8) is 0 Å². The summed E-state index contributed by atoms with van der Waals surface area (Å²) in [4.78, 5) is 11.6. The number of nitrogens with one attached hydrogen (secondary N) is 1. The maximum Gasteiger partial charge on any atom is 0.340 e. The Kier molecular flexibility index (Phi) is 3.85. The zero-order valence-electron chi connectivity index (χ0n) is 10.6. The number of benzene rings is 1. The van der Waals surface area contributed by atoms with Crippen LogP contribution < -0.4 is 5.32 Å². The van der Waals surface area contributed by atoms with Gasteiger partial charge in [-0.15, -0.1) is 0 Å². The molecule has 0 saturated carbocycles. The second-order valence-electron chi connectivity index (χ2n) is 4.06. The second kappa shape index (κ2) is 5.56. The molecule has 0 saturated heterocycles. The van der Waals surface area contributed by atoms with Crippen LogP contribution in [0.4, 0.5) is 10.1 Å². The van der Waals surface area contributed by atoms with Gasteiger partial charge in [0.25, 0.3) is 0 Å². The number of carbonyl (C=O) groups is 1. The van der Waals surface area contributed by atoms with Crippen molar-refractivity contribution in [2.45, 2.75) is 13.0 Å². The van der Waals surface area contributed by atoms with Crippen LogP contribution in [0.25, 0.3) is 0 Å². The van der Waals surface area contributed by atoms with Crippen LogP contribution in [0.2, 0.25) is 0 Å². The number of rotatable bonds is 4. The Balaban J connectivity index is 2.27. The van der Waals surface area contributed by atoms with Crippen molar-refractivity contribution in [1.82, 2.24) is 0 Å². The highest BCUT2D eigenvalue weighted by atomic mass is 19.1. The smallest absolute Gasteiger partial charge is 0.340 e. The lowest BCUT2D eigenvalue weighted by atomic mass is 10.1. The molecule has 100 valence electrons. The van der Waals surface area contributed by atoms with Crippen LogP contribution in [-0.4, -0.2) is 13.1 Å². The van der Waals surface area contributed by atoms with Crippen molar-refractivity contribution in [3.05, 3.63) is 53.7 Å². The van der Waals surface area contributed by atoms with Crippen LogP contribution in [0, 0.1) is 5.82 Å². The van der Waals surface area contributed by atoms with Crippen molar-refractivity contribution in [2.75, 3.05) is 12.4 Å². The quantitative estimate of drug-likeness (QED) is 0.859. The van der Waals surface area contributed by atoms with Crippen molar-refractivity contribution < 1.29 is 18.3 Å². The minimum absolute atomic E-state index is 0.149. The molecule has 5 heteroatoms. The van der Waals surface area contributed by atoms with Gasteiger partial charge in [-0.2, -0.15) is 0 Å². The standard InChI is InChI=1S/C14H14FNO3/c1-9(13-4-3-7-19-13)16-12-6-5-10(15)8-11(12)14(17)18-2/h3-9,16H,1-2H3. The molecule has 0 spiro atoms. The van der Waals surface area contributed by atoms with Crippen LogP contribution in [-0.2, 0) is 4.74 Å². The molecule has 1 N–H and O–H groups in total. The lowest BCUT2D eigenvalue weighted by Crippen LogP contribution is -2.11. The zero-order valence-corrected chi connectivity index (χ0v) is 10.6. The molecular weight excluding hydrogens is 249 g/mol. The Morgan fingerprint density at radius 2 is 2.21 bits per heavy atom. The van der Waals surface area contributed by atoms with Crippen molar-refractivity contribution in [2.24, 2.45) is 0 Å². The maximum absolute atomic E-state index is 13.2. The Morgan fingerprint density at radius 3 is 2.84 bits per heavy atom. The SMILES string of the molecule is COC(=O)c1cc(F)ccc1NC(C)c1ccco1. The van der Waals surface area contributed by atoms with E-state index in [1.54, 1.807) is 12.3 Å². The van der Waals surface area contributed by atoms with E-state index in [2.05, 4.69) is 10.1 Å². The van der Waals surface area contributed by atoms with Gasteiger partial charge in [-0.05, 0) is 37.3 Å². The van der Waals surface area contributed by atoms with Gasteiger partial charge in [0.05, 0.1) is 25.0 Å². The topological polar surface area (TPSA) is 51.5 Å². The molecule has 4 nitrogen and oxygen atoms in total. The van der Waals surface area contributed by atoms with E-state index in [1.807, 2.05) is 13.0 Å². The number of furan rings is 1. The fraction of sp³-hybridized carbons (Fsp3) is 0.214. The molecule has 0 fully saturated rings. The van der Waals surface area contributed by atoms with Gasteiger partial charge in [0.1, 0.15) is 11.6 Å². The van der Waals surface area contributed by atoms with Gasteiger partial charge in [0, 0.05) is 5.69 Å². The molecule has 2 aromatic rings. The Bertz CT molecular complexity index is 566. The fourth-order valence-corrected chi connectivity index (χ4v) is 1.76. The summed E-state index contributed by atoms with van der Waals surface area (Å²) in [6.45, 7) is 1.88. The summed E-state index contributed by atoms with van der Waals surface area (Å²) >= 11 is 0. The number of methoxy groups -OCH3 is 1. The summed E-state index contributed by atoms with van der Waals surface area (Å²) in [6, 6.07) is 7.37. The summed E-state index contributed by atoms with van der Waals surface area (Å²) < 4.78 is 23.1. The number of hydrogen-bond donors (Lipinski definition) is 1. The molecule has 19 heavy (non-hydrogen) atoms. The highest BCUT2D eigenvalue weighted by Gasteiger charge is 2.16. The van der Waals surface area contributed by atoms with Crippen molar-refractivity contribution >= 4 is 11.7 Å². The number of anilines is 1. The highest BCUT2D eigenvalue weighted by molar-refractivity contribution is 5.95. The second-order valence-corrected chi connectivity index (χ2v) is 4.06. The van der Waals surface area contributed by atoms with E-state index in [1.165, 1.54) is 19.2 Å². The minimum Gasteiger partial charge on any atom is -0.467 e. The van der Waals surface area contributed by atoms with Gasteiger partial charge in [0.2, 0.25) is 0 Å². The van der Waals surface area contributed by atoms with Crippen LogP contribution in [0.1, 0.15) is 29.1 Å². The van der Waals surface area contributed by atoms with Crippen LogP contribution in [0.15, 0.2) is 41.0 Å². The molecule has 2 rings (SSSR count). The molecule has 1 unspecified atom stereocenters. The van der Waals surface area contributed by atoms with Crippen molar-refractivity contribution in [1.29, 1.82) is 0 Å². The average Bonchev–Trinajstić information content (AvgIpc) is 2.94. The predicted octanol–water partition coefficient (Wildman–Crippen LogP) is 3.38. The number of hydrogen-bond acceptors (Lipinski definition) is 4. The molecule has 0 aliphatic rings. The van der Waals surface area contributed by atoms with Gasteiger partial charge >= 0.3 is 5.97 Å². The number of ether oxygens (including phenoxy) is 1. The van der Waals surface area contributed by atoms with Gasteiger partial charge in [0.15, 0.2) is 0 Å². The molecule has 1 aromatic heterocycles. The third-order valence-electron chi connectivity index (χ3n) is 2.73. The number of halogens is 1. The van der Waals surface area contributed by atoms with E-state index in [0.717, 1.165) is 11.8 Å². The molecule has 0 aliphatic carbocycles. The minimum atomic E-state index is -0.589. The first-order chi connectivity index (χ1) is 9.11. The molecule has 1 atom stereocenters. The van der Waals surface area contributed by atoms with Crippen molar-refractivity contribution in [3.8, 4) is 0 Å². The van der Waals surface area contributed by atoms with Gasteiger partial charge in [-0.1, -0.05) is 0 Å². The summed E-state index contributed by atoms with van der Waals surface area (Å²) in [7, 11) is 1.26. The molecule has 1 heterocycles. The van der Waals surface area contributed by atoms with E-state index >= 15 is 0 Å². The first-order valence-electron chi connectivity index (χ1n) is 5.79. The van der Waals surface area contributed by atoms with E-state index in [-0.39, 0.29) is 11.6 Å². The third-order valence-corrected chi connectivity index (χ3v) is 2.73. The lowest BCUT2D eigenvalue weighted by molar-refractivity contribution is 0.0601. The molecular formula is C14H14FNO3. The summed E-state index contributed by atoms with van der Waals surface area (Å²) in [6.07, 6.45) is 1.57. The molecule has 0 radical (unpaired) electrons. The van der Waals surface area contributed by atoms with Crippen LogP contribution >= 0.6 is 0 Å². The highest BCUT2D eigenvalue weighted by Crippen LogP contribution is 2.24. The average molecular weight is 263 g/mol. The zero-order chi connectivity index (χ0) is 13.8. The normalized spacial score (nSPS) is 11.9. The fourth-order valence-electron chi connectivity index (χ4n) is 1.76. The van der Waals surface area contributed by atoms with Crippen LogP contribution in [0.3, 0.4) is 0 Å². The van der Waals surface area contributed by atoms with E-state index in [4.69, 9.17) is 4.42 Å². The predicted molar refractivity (Wildman–Crippen MR) is 68.5 cm³/mol. The first-order valence-corrected chi connectivity index (χ1v) is 5.79. The summed E-state index contributed by atoms with van der Waals surface area (Å²) in [5.41, 5.74) is 0.651.